The van der Waals surface area contributed by atoms with E-state index in [9.17, 15) is 14.4 Å². The van der Waals surface area contributed by atoms with Crippen LogP contribution in [0.25, 0.3) is 32.6 Å². The van der Waals surface area contributed by atoms with Gasteiger partial charge in [0.05, 0.1) is 30.2 Å². The molecule has 0 fully saturated rings. The highest BCUT2D eigenvalue weighted by Gasteiger charge is 2.20. The number of anilines is 1. The van der Waals surface area contributed by atoms with E-state index in [-0.39, 0.29) is 33.5 Å². The Kier molecular flexibility index (Phi) is 7.10. The maximum atomic E-state index is 13.1. The third-order valence-electron chi connectivity index (χ3n) is 6.04. The van der Waals surface area contributed by atoms with Crippen molar-refractivity contribution in [2.75, 3.05) is 25.3 Å². The fraction of sp³-hybridized carbons (Fsp3) is 0.231. The van der Waals surface area contributed by atoms with Crippen LogP contribution in [0.3, 0.4) is 0 Å². The van der Waals surface area contributed by atoms with Crippen LogP contribution in [0.2, 0.25) is 0 Å². The van der Waals surface area contributed by atoms with Crippen molar-refractivity contribution in [3.05, 3.63) is 62.8 Å². The van der Waals surface area contributed by atoms with Gasteiger partial charge in [-0.1, -0.05) is 29.2 Å². The summed E-state index contributed by atoms with van der Waals surface area (Å²) in [7, 11) is 5.97. The molecular weight excluding hydrogens is 540 g/mol. The van der Waals surface area contributed by atoms with Gasteiger partial charge < -0.3 is 14.8 Å². The Balaban J connectivity index is 1.53. The van der Waals surface area contributed by atoms with Gasteiger partial charge in [-0.3, -0.25) is 18.7 Å². The first-order chi connectivity index (χ1) is 18.7. The molecule has 1 N–H and O–H groups in total. The molecule has 0 atom stereocenters. The van der Waals surface area contributed by atoms with Crippen LogP contribution in [-0.4, -0.2) is 50.0 Å². The van der Waals surface area contributed by atoms with Gasteiger partial charge in [-0.25, -0.2) is 19.7 Å². The number of aryl methyl sites for hydroxylation is 2. The number of thioether (sulfide) groups is 1. The minimum atomic E-state index is -0.545. The van der Waals surface area contributed by atoms with E-state index in [2.05, 4.69) is 20.3 Å². The van der Waals surface area contributed by atoms with E-state index in [1.165, 1.54) is 44.2 Å². The molecule has 5 rings (SSSR count). The molecular formula is C26H24N6O5S2. The number of hydrogen-bond donors (Lipinski definition) is 1. The fourth-order valence-corrected chi connectivity index (χ4v) is 5.81. The van der Waals surface area contributed by atoms with E-state index < -0.39 is 11.2 Å². The Morgan fingerprint density at radius 1 is 1.00 bits per heavy atom. The summed E-state index contributed by atoms with van der Waals surface area (Å²) in [5.74, 6) is 0.905. The number of thiazole rings is 1. The summed E-state index contributed by atoms with van der Waals surface area (Å²) in [4.78, 5) is 52.3. The predicted molar refractivity (Wildman–Crippen MR) is 152 cm³/mol. The average Bonchev–Trinajstić information content (AvgIpc) is 3.33. The average molecular weight is 565 g/mol. The van der Waals surface area contributed by atoms with Crippen molar-refractivity contribution in [3.63, 3.8) is 0 Å². The Morgan fingerprint density at radius 3 is 2.51 bits per heavy atom. The third kappa shape index (κ3) is 4.98. The number of rotatable bonds is 7. The highest BCUT2D eigenvalue weighted by Crippen LogP contribution is 2.33. The zero-order valence-corrected chi connectivity index (χ0v) is 23.4. The lowest BCUT2D eigenvalue weighted by molar-refractivity contribution is -0.113. The topological polar surface area (TPSA) is 130 Å². The Hall–Kier alpha value is -4.23. The molecule has 0 aliphatic rings. The van der Waals surface area contributed by atoms with Crippen LogP contribution in [0.5, 0.6) is 11.5 Å². The van der Waals surface area contributed by atoms with Crippen molar-refractivity contribution in [2.45, 2.75) is 11.9 Å². The molecule has 3 heterocycles. The van der Waals surface area contributed by atoms with Crippen LogP contribution in [0.4, 0.5) is 5.13 Å². The second kappa shape index (κ2) is 10.5. The van der Waals surface area contributed by atoms with Gasteiger partial charge in [0, 0.05) is 19.7 Å². The van der Waals surface area contributed by atoms with Gasteiger partial charge in [-0.05, 0) is 42.8 Å². The highest BCUT2D eigenvalue weighted by molar-refractivity contribution is 8.00. The van der Waals surface area contributed by atoms with E-state index in [1.807, 2.05) is 25.1 Å². The van der Waals surface area contributed by atoms with E-state index >= 15 is 0 Å². The van der Waals surface area contributed by atoms with Gasteiger partial charge in [-0.2, -0.15) is 0 Å². The summed E-state index contributed by atoms with van der Waals surface area (Å²) in [5.41, 5.74) is 1.59. The lowest BCUT2D eigenvalue weighted by atomic mass is 10.2. The zero-order chi connectivity index (χ0) is 27.8. The number of fused-ring (bicyclic) bond motifs is 2. The van der Waals surface area contributed by atoms with Crippen LogP contribution in [0.15, 0.2) is 51.0 Å². The van der Waals surface area contributed by atoms with Crippen molar-refractivity contribution in [1.82, 2.24) is 24.1 Å². The molecule has 3 aromatic heterocycles. The van der Waals surface area contributed by atoms with Gasteiger partial charge in [0.25, 0.3) is 5.56 Å². The van der Waals surface area contributed by atoms with Crippen LogP contribution in [0, 0.1) is 6.92 Å². The number of carbonyl (C=O) groups excluding carboxylic acids is 1. The zero-order valence-electron chi connectivity index (χ0n) is 21.8. The number of amides is 1. The Morgan fingerprint density at radius 2 is 1.77 bits per heavy atom. The number of benzene rings is 2. The van der Waals surface area contributed by atoms with Gasteiger partial charge in [-0.15, -0.1) is 0 Å². The molecule has 2 aromatic carbocycles. The second-order valence-corrected chi connectivity index (χ2v) is 10.6. The molecule has 200 valence electrons. The van der Waals surface area contributed by atoms with Gasteiger partial charge in [0.15, 0.2) is 28.1 Å². The second-order valence-electron chi connectivity index (χ2n) is 8.65. The number of carbonyl (C=O) groups is 1. The summed E-state index contributed by atoms with van der Waals surface area (Å²) in [5, 5.41) is 3.73. The van der Waals surface area contributed by atoms with Crippen LogP contribution < -0.4 is 26.0 Å². The van der Waals surface area contributed by atoms with Crippen molar-refractivity contribution in [1.29, 1.82) is 0 Å². The first-order valence-corrected chi connectivity index (χ1v) is 13.5. The first kappa shape index (κ1) is 26.4. The van der Waals surface area contributed by atoms with E-state index in [0.29, 0.717) is 22.2 Å². The number of methoxy groups -OCH3 is 2. The van der Waals surface area contributed by atoms with Crippen molar-refractivity contribution in [3.8, 4) is 22.9 Å². The first-order valence-electron chi connectivity index (χ1n) is 11.7. The normalized spacial score (nSPS) is 11.2. The van der Waals surface area contributed by atoms with Crippen molar-refractivity contribution in [2.24, 2.45) is 14.1 Å². The van der Waals surface area contributed by atoms with Gasteiger partial charge >= 0.3 is 5.69 Å². The number of nitrogens with one attached hydrogen (secondary N) is 1. The predicted octanol–water partition coefficient (Wildman–Crippen LogP) is 3.36. The van der Waals surface area contributed by atoms with Gasteiger partial charge in [0.2, 0.25) is 5.91 Å². The molecule has 5 aromatic rings. The quantitative estimate of drug-likeness (QED) is 0.234. The molecule has 0 aliphatic heterocycles. The third-order valence-corrected chi connectivity index (χ3v) is 7.95. The van der Waals surface area contributed by atoms with Crippen molar-refractivity contribution >= 4 is 55.4 Å². The minimum Gasteiger partial charge on any atom is -0.493 e. The lowest BCUT2D eigenvalue weighted by Gasteiger charge is -2.13. The Bertz CT molecular complexity index is 1880. The smallest absolute Gasteiger partial charge is 0.332 e. The van der Waals surface area contributed by atoms with Crippen LogP contribution in [0.1, 0.15) is 5.56 Å². The number of aromatic nitrogens is 5. The molecule has 11 nitrogen and oxygen atoms in total. The number of nitrogens with zero attached hydrogens (tertiary/aromatic N) is 5. The summed E-state index contributed by atoms with van der Waals surface area (Å²) >= 11 is 2.47. The minimum absolute atomic E-state index is 0.0432. The van der Waals surface area contributed by atoms with Crippen molar-refractivity contribution < 1.29 is 14.3 Å². The van der Waals surface area contributed by atoms with E-state index in [1.54, 1.807) is 18.2 Å². The molecule has 39 heavy (non-hydrogen) atoms. The maximum Gasteiger partial charge on any atom is 0.332 e. The fourth-order valence-electron chi connectivity index (χ4n) is 4.01. The standard InChI is InChI=1S/C26H24N6O5S2/c1-13-6-8-15-18(10-13)39-25(27-15)28-19(33)12-38-23-20-22(31(2)26(35)32(3)24(20)34)29-21(30-23)14-7-9-16(36-4)17(11-14)37-5/h6-11H,12H2,1-5H3,(H,27,28,33). The largest absolute Gasteiger partial charge is 0.493 e. The SMILES string of the molecule is COc1ccc(-c2nc(SCC(=O)Nc3nc4ccc(C)cc4s3)c3c(=O)n(C)c(=O)n(C)c3n2)cc1OC. The number of ether oxygens (including phenoxy) is 2. The van der Waals surface area contributed by atoms with Crippen LogP contribution >= 0.6 is 23.1 Å². The molecule has 0 aliphatic carbocycles. The summed E-state index contributed by atoms with van der Waals surface area (Å²) < 4.78 is 14.0. The lowest BCUT2D eigenvalue weighted by Crippen LogP contribution is -2.37. The monoisotopic (exact) mass is 564 g/mol. The molecule has 0 saturated carbocycles. The molecule has 1 amide bonds. The molecule has 0 radical (unpaired) electrons. The molecule has 0 unspecified atom stereocenters. The van der Waals surface area contributed by atoms with E-state index in [4.69, 9.17) is 9.47 Å². The van der Waals surface area contributed by atoms with E-state index in [0.717, 1.165) is 32.1 Å². The highest BCUT2D eigenvalue weighted by atomic mass is 32.2. The van der Waals surface area contributed by atoms with Gasteiger partial charge in [0.1, 0.15) is 10.4 Å². The summed E-state index contributed by atoms with van der Waals surface area (Å²) in [6.45, 7) is 2.00. The Labute approximate surface area is 230 Å². The summed E-state index contributed by atoms with van der Waals surface area (Å²) in [6.07, 6.45) is 0. The summed E-state index contributed by atoms with van der Waals surface area (Å²) in [6, 6.07) is 11.1. The molecule has 0 spiro atoms. The number of hydrogen-bond acceptors (Lipinski definition) is 10. The maximum absolute atomic E-state index is 13.1. The molecule has 0 saturated heterocycles. The molecule has 13 heteroatoms. The van der Waals surface area contributed by atoms with Crippen LogP contribution in [-0.2, 0) is 18.9 Å². The molecule has 0 bridgehead atoms.